The molecule has 4 aromatic heterocycles. The van der Waals surface area contributed by atoms with Gasteiger partial charge in [-0.25, -0.2) is 4.98 Å². The highest BCUT2D eigenvalue weighted by Gasteiger charge is 2.28. The molecule has 0 aliphatic rings. The minimum absolute atomic E-state index is 0.0747. The van der Waals surface area contributed by atoms with E-state index in [0.717, 1.165) is 133 Å². The summed E-state index contributed by atoms with van der Waals surface area (Å²) in [5.41, 5.74) is 28.5. The summed E-state index contributed by atoms with van der Waals surface area (Å²) in [5, 5.41) is 6.97. The van der Waals surface area contributed by atoms with E-state index < -0.39 is 0 Å². The molecule has 0 aliphatic carbocycles. The fourth-order valence-corrected chi connectivity index (χ4v) is 16.2. The molecule has 14 aromatic carbocycles. The normalized spacial score (nSPS) is 12.4. The minimum Gasteiger partial charge on any atom is -0.309 e. The van der Waals surface area contributed by atoms with Crippen LogP contribution in [-0.2, 0) is 21.7 Å². The summed E-state index contributed by atoms with van der Waals surface area (Å²) in [4.78, 5) is 17.7. The fourth-order valence-electron chi connectivity index (χ4n) is 16.2. The minimum atomic E-state index is -0.0747. The van der Waals surface area contributed by atoms with E-state index in [1.807, 2.05) is 0 Å². The van der Waals surface area contributed by atoms with Gasteiger partial charge in [-0.15, -0.1) is 0 Å². The van der Waals surface area contributed by atoms with Gasteiger partial charge in [-0.1, -0.05) is 265 Å². The Hall–Kier alpha value is -12.5. The summed E-state index contributed by atoms with van der Waals surface area (Å²) in [6, 6.07) is 117. The smallest absolute Gasteiger partial charge is 0.238 e. The Kier molecular flexibility index (Phi) is 16.4. The standard InChI is InChI=1S/C103H88N6/c1-100(2,3)77-43-49-91-85(61-77)86-62-78(101(4,5)6)44-50-92(86)107(91)89-39-27-25-37-81(89)97-104-98(82-38-26-28-40-90(82)108-93-51-45-79(102(7,8)9)63-87(93)88-64-80(103(10,11)12)46-52-94(88)108)106-99(105-97)109-95-47-41-69(75-55-71(65-29-17-13-18-30-65)53-72(56-75)66-31-19-14-20-32-66)59-83(95)84-60-70(42-48-96(84)109)76-57-73(67-33-21-15-22-34-67)54-74(58-76)68-35-23-16-24-36-68/h13-64H,1-12H3. The number of nitrogens with zero attached hydrogens (tertiary/aromatic N) is 6. The highest BCUT2D eigenvalue weighted by molar-refractivity contribution is 6.14. The van der Waals surface area contributed by atoms with E-state index >= 15 is 0 Å². The predicted molar refractivity (Wildman–Crippen MR) is 461 cm³/mol. The Morgan fingerprint density at radius 3 is 0.716 bits per heavy atom. The number of fused-ring (bicyclic) bond motifs is 9. The maximum Gasteiger partial charge on any atom is 0.238 e. The first-order chi connectivity index (χ1) is 52.5. The Morgan fingerprint density at radius 1 is 0.193 bits per heavy atom. The largest absolute Gasteiger partial charge is 0.309 e. The van der Waals surface area contributed by atoms with E-state index in [2.05, 4.69) is 412 Å². The van der Waals surface area contributed by atoms with Crippen molar-refractivity contribution in [2.45, 2.75) is 105 Å². The molecule has 0 aliphatic heterocycles. The highest BCUT2D eigenvalue weighted by Crippen LogP contribution is 2.46. The molecule has 0 bridgehead atoms. The summed E-state index contributed by atoms with van der Waals surface area (Å²) in [6.07, 6.45) is 0. The molecule has 0 atom stereocenters. The lowest BCUT2D eigenvalue weighted by atomic mass is 9.85. The zero-order valence-corrected chi connectivity index (χ0v) is 64.2. The van der Waals surface area contributed by atoms with Crippen LogP contribution in [0, 0.1) is 0 Å². The molecule has 0 radical (unpaired) electrons. The molecule has 0 N–H and O–H groups in total. The zero-order chi connectivity index (χ0) is 74.8. The monoisotopic (exact) mass is 1410 g/mol. The van der Waals surface area contributed by atoms with Crippen molar-refractivity contribution in [3.63, 3.8) is 0 Å². The van der Waals surface area contributed by atoms with Gasteiger partial charge in [-0.05, 0) is 244 Å². The van der Waals surface area contributed by atoms with Crippen LogP contribution >= 0.6 is 0 Å². The first-order valence-corrected chi connectivity index (χ1v) is 38.3. The number of para-hydroxylation sites is 2. The SMILES string of the molecule is CC(C)(C)c1ccc2c(c1)c1cc(C(C)(C)C)ccc1n2-c1ccccc1-c1nc(-c2ccccc2-n2c3ccc(C(C)(C)C)cc3c3cc(C(C)(C)C)ccc32)nc(-n2c3ccc(-c4cc(-c5ccccc5)cc(-c5ccccc5)c4)cc3c3cc(-c4cc(-c5ccccc5)cc(-c5ccccc5)c4)ccc32)n1. The van der Waals surface area contributed by atoms with Gasteiger partial charge in [0, 0.05) is 43.4 Å². The van der Waals surface area contributed by atoms with Gasteiger partial charge in [-0.3, -0.25) is 4.57 Å². The lowest BCUT2D eigenvalue weighted by Crippen LogP contribution is -2.10. The zero-order valence-electron chi connectivity index (χ0n) is 64.2. The summed E-state index contributed by atoms with van der Waals surface area (Å²) >= 11 is 0. The molecule has 6 heteroatoms. The third-order valence-corrected chi connectivity index (χ3v) is 22.3. The van der Waals surface area contributed by atoms with Gasteiger partial charge in [-0.2, -0.15) is 9.97 Å². The average Bonchev–Trinajstić information content (AvgIpc) is 1.58. The number of hydrogen-bond acceptors (Lipinski definition) is 3. The van der Waals surface area contributed by atoms with Crippen LogP contribution in [0.2, 0.25) is 0 Å². The van der Waals surface area contributed by atoms with E-state index in [4.69, 9.17) is 15.0 Å². The number of aromatic nitrogens is 6. The van der Waals surface area contributed by atoms with Gasteiger partial charge in [0.05, 0.1) is 44.5 Å². The molecule has 530 valence electrons. The summed E-state index contributed by atoms with van der Waals surface area (Å²) in [7, 11) is 0. The number of benzene rings is 14. The molecule has 0 saturated carbocycles. The van der Waals surface area contributed by atoms with Crippen LogP contribution in [0.15, 0.2) is 315 Å². The summed E-state index contributed by atoms with van der Waals surface area (Å²) in [5.74, 6) is 1.59. The van der Waals surface area contributed by atoms with Crippen molar-refractivity contribution in [1.82, 2.24) is 28.7 Å². The second kappa shape index (κ2) is 26.2. The van der Waals surface area contributed by atoms with Gasteiger partial charge in [0.1, 0.15) is 0 Å². The third-order valence-electron chi connectivity index (χ3n) is 22.3. The van der Waals surface area contributed by atoms with Crippen molar-refractivity contribution in [1.29, 1.82) is 0 Å². The Morgan fingerprint density at radius 2 is 0.431 bits per heavy atom. The van der Waals surface area contributed by atoms with Crippen molar-refractivity contribution in [3.05, 3.63) is 338 Å². The third kappa shape index (κ3) is 12.4. The van der Waals surface area contributed by atoms with E-state index in [-0.39, 0.29) is 21.7 Å². The molecule has 0 spiro atoms. The summed E-state index contributed by atoms with van der Waals surface area (Å²) < 4.78 is 7.19. The average molecular weight is 1410 g/mol. The van der Waals surface area contributed by atoms with Crippen LogP contribution in [0.5, 0.6) is 0 Å². The Balaban J connectivity index is 0.927. The molecule has 18 rings (SSSR count). The van der Waals surface area contributed by atoms with Gasteiger partial charge in [0.15, 0.2) is 11.6 Å². The fraction of sp³-hybridized carbons (Fsp3) is 0.155. The molecule has 0 amide bonds. The van der Waals surface area contributed by atoms with Crippen molar-refractivity contribution < 1.29 is 0 Å². The van der Waals surface area contributed by atoms with E-state index in [9.17, 15) is 0 Å². The molecule has 18 aromatic rings. The molecule has 0 fully saturated rings. The predicted octanol–water partition coefficient (Wildman–Crippen LogP) is 27.7. The van der Waals surface area contributed by atoms with Crippen LogP contribution in [-0.4, -0.2) is 28.7 Å². The quantitative estimate of drug-likeness (QED) is 0.130. The molecule has 0 saturated heterocycles. The van der Waals surface area contributed by atoms with Crippen LogP contribution in [0.1, 0.15) is 105 Å². The number of hydrogen-bond donors (Lipinski definition) is 0. The van der Waals surface area contributed by atoms with Gasteiger partial charge in [0.25, 0.3) is 0 Å². The van der Waals surface area contributed by atoms with Gasteiger partial charge < -0.3 is 9.13 Å². The maximum absolute atomic E-state index is 5.92. The molecular formula is C103H88N6. The topological polar surface area (TPSA) is 53.5 Å². The Bertz CT molecular complexity index is 5950. The van der Waals surface area contributed by atoms with E-state index in [1.54, 1.807) is 0 Å². The molecule has 109 heavy (non-hydrogen) atoms. The van der Waals surface area contributed by atoms with Crippen molar-refractivity contribution >= 4 is 65.4 Å². The molecular weight excluding hydrogens is 1320 g/mol. The van der Waals surface area contributed by atoms with Crippen LogP contribution in [0.4, 0.5) is 0 Å². The molecule has 0 unspecified atom stereocenters. The van der Waals surface area contributed by atoms with Gasteiger partial charge in [0.2, 0.25) is 5.95 Å². The first kappa shape index (κ1) is 68.3. The van der Waals surface area contributed by atoms with Crippen LogP contribution in [0.25, 0.3) is 172 Å². The number of rotatable bonds is 11. The first-order valence-electron chi connectivity index (χ1n) is 38.3. The van der Waals surface area contributed by atoms with E-state index in [0.29, 0.717) is 17.6 Å². The van der Waals surface area contributed by atoms with Crippen molar-refractivity contribution in [2.75, 3.05) is 0 Å². The van der Waals surface area contributed by atoms with Crippen LogP contribution in [0.3, 0.4) is 0 Å². The Labute approximate surface area is 639 Å². The molecule has 6 nitrogen and oxygen atoms in total. The van der Waals surface area contributed by atoms with Crippen LogP contribution < -0.4 is 0 Å². The highest BCUT2D eigenvalue weighted by atomic mass is 15.2. The second-order valence-electron chi connectivity index (χ2n) is 33.8. The summed E-state index contributed by atoms with van der Waals surface area (Å²) in [6.45, 7) is 27.6. The maximum atomic E-state index is 5.92. The van der Waals surface area contributed by atoms with Crippen molar-refractivity contribution in [2.24, 2.45) is 0 Å². The molecule has 4 heterocycles. The second-order valence-corrected chi connectivity index (χ2v) is 33.8. The van der Waals surface area contributed by atoms with E-state index in [1.165, 1.54) is 43.8 Å². The lowest BCUT2D eigenvalue weighted by molar-refractivity contribution is 0.590. The lowest BCUT2D eigenvalue weighted by Gasteiger charge is -2.20. The van der Waals surface area contributed by atoms with Gasteiger partial charge >= 0.3 is 0 Å². The van der Waals surface area contributed by atoms with Crippen molar-refractivity contribution in [3.8, 4) is 107 Å².